The average molecular weight is 188 g/mol. The van der Waals surface area contributed by atoms with Crippen molar-refractivity contribution in [2.75, 3.05) is 0 Å². The summed E-state index contributed by atoms with van der Waals surface area (Å²) in [6.07, 6.45) is -0.364. The Morgan fingerprint density at radius 1 is 1.58 bits per heavy atom. The van der Waals surface area contributed by atoms with E-state index < -0.39 is 11.8 Å². The van der Waals surface area contributed by atoms with Gasteiger partial charge in [0.15, 0.2) is 0 Å². The minimum absolute atomic E-state index is 0.151. The molecule has 0 N–H and O–H groups in total. The molecule has 0 aliphatic rings. The monoisotopic (exact) mass is 187 g/mol. The van der Waals surface area contributed by atoms with Gasteiger partial charge < -0.3 is 9.90 Å². The number of halogens is 2. The number of carbonyl (C=O) groups excluding carboxylic acids is 1. The Kier molecular flexibility index (Phi) is 2.65. The second kappa shape index (κ2) is 3.54. The average Bonchev–Trinajstić information content (AvgIpc) is 1.98. The summed E-state index contributed by atoms with van der Waals surface area (Å²) in [5, 5.41) is 9.99. The summed E-state index contributed by atoms with van der Waals surface area (Å²) in [5.41, 5.74) is 0.233. The van der Waals surface area contributed by atoms with Crippen molar-refractivity contribution in [1.82, 2.24) is 0 Å². The predicted octanol–water partition coefficient (Wildman–Crippen LogP) is 0.771. The van der Waals surface area contributed by atoms with Gasteiger partial charge in [0, 0.05) is 12.4 Å². The smallest absolute Gasteiger partial charge is 0.142 e. The van der Waals surface area contributed by atoms with E-state index in [9.17, 15) is 14.3 Å². The highest BCUT2D eigenvalue weighted by atomic mass is 35.5. The van der Waals surface area contributed by atoms with E-state index in [0.717, 1.165) is 0 Å². The van der Waals surface area contributed by atoms with E-state index in [1.165, 1.54) is 18.2 Å². The van der Waals surface area contributed by atoms with E-state index in [1.807, 2.05) is 0 Å². The van der Waals surface area contributed by atoms with Gasteiger partial charge in [-0.15, -0.1) is 0 Å². The highest BCUT2D eigenvalue weighted by Gasteiger charge is 2.04. The molecule has 1 aromatic rings. The molecule has 0 aliphatic carbocycles. The van der Waals surface area contributed by atoms with Crippen molar-refractivity contribution in [2.24, 2.45) is 0 Å². The molecular weight excluding hydrogens is 183 g/mol. The maximum atomic E-state index is 12.7. The van der Waals surface area contributed by atoms with E-state index in [1.54, 1.807) is 0 Å². The SMILES string of the molecule is O=C([O-])Cc1cccc(F)c1Cl. The van der Waals surface area contributed by atoms with Gasteiger partial charge in [-0.1, -0.05) is 23.7 Å². The van der Waals surface area contributed by atoms with E-state index in [0.29, 0.717) is 0 Å². The molecule has 0 saturated heterocycles. The summed E-state index contributed by atoms with van der Waals surface area (Å²) in [5.74, 6) is -1.89. The minimum Gasteiger partial charge on any atom is -0.550 e. The lowest BCUT2D eigenvalue weighted by Gasteiger charge is -2.04. The zero-order valence-electron chi connectivity index (χ0n) is 6.01. The molecule has 4 heteroatoms. The molecule has 0 unspecified atom stereocenters. The Bertz CT molecular complexity index is 312. The molecule has 0 spiro atoms. The van der Waals surface area contributed by atoms with Crippen LogP contribution in [-0.4, -0.2) is 5.97 Å². The van der Waals surface area contributed by atoms with Gasteiger partial charge in [0.05, 0.1) is 5.02 Å². The third-order valence-electron chi connectivity index (χ3n) is 1.37. The number of carboxylic acids is 1. The highest BCUT2D eigenvalue weighted by Crippen LogP contribution is 2.19. The first-order valence-corrected chi connectivity index (χ1v) is 3.62. The molecule has 0 bridgehead atoms. The van der Waals surface area contributed by atoms with E-state index >= 15 is 0 Å². The second-order valence-electron chi connectivity index (χ2n) is 2.26. The first kappa shape index (κ1) is 9.00. The second-order valence-corrected chi connectivity index (χ2v) is 2.64. The molecule has 0 fully saturated rings. The molecule has 0 aliphatic heterocycles. The van der Waals surface area contributed by atoms with Crippen LogP contribution in [0.2, 0.25) is 5.02 Å². The third-order valence-corrected chi connectivity index (χ3v) is 1.79. The molecule has 0 amide bonds. The number of hydrogen-bond donors (Lipinski definition) is 0. The van der Waals surface area contributed by atoms with Gasteiger partial charge in [-0.05, 0) is 11.6 Å². The maximum Gasteiger partial charge on any atom is 0.142 e. The van der Waals surface area contributed by atoms with Crippen molar-refractivity contribution < 1.29 is 14.3 Å². The number of aliphatic carboxylic acids is 1. The summed E-state index contributed by atoms with van der Waals surface area (Å²) in [6, 6.07) is 4.02. The predicted molar refractivity (Wildman–Crippen MR) is 40.1 cm³/mol. The van der Waals surface area contributed by atoms with Crippen molar-refractivity contribution in [2.45, 2.75) is 6.42 Å². The molecule has 0 heterocycles. The Morgan fingerprint density at radius 3 is 2.83 bits per heavy atom. The van der Waals surface area contributed by atoms with Gasteiger partial charge in [-0.25, -0.2) is 4.39 Å². The first-order chi connectivity index (χ1) is 5.61. The first-order valence-electron chi connectivity index (χ1n) is 3.24. The molecule has 2 nitrogen and oxygen atoms in total. The van der Waals surface area contributed by atoms with Gasteiger partial charge in [-0.2, -0.15) is 0 Å². The van der Waals surface area contributed by atoms with Gasteiger partial charge in [0.2, 0.25) is 0 Å². The standard InChI is InChI=1S/C8H6ClFO2/c9-8-5(4-7(11)12)2-1-3-6(8)10/h1-3H,4H2,(H,11,12)/p-1. The van der Waals surface area contributed by atoms with Gasteiger partial charge in [0.25, 0.3) is 0 Å². The normalized spacial score (nSPS) is 9.83. The van der Waals surface area contributed by atoms with Crippen LogP contribution in [0.4, 0.5) is 4.39 Å². The van der Waals surface area contributed by atoms with Crippen molar-refractivity contribution >= 4 is 17.6 Å². The number of rotatable bonds is 2. The largest absolute Gasteiger partial charge is 0.550 e. The zero-order chi connectivity index (χ0) is 9.14. The van der Waals surface area contributed by atoms with Crippen molar-refractivity contribution in [3.63, 3.8) is 0 Å². The van der Waals surface area contributed by atoms with Crippen LogP contribution in [0.15, 0.2) is 18.2 Å². The van der Waals surface area contributed by atoms with Gasteiger partial charge >= 0.3 is 0 Å². The van der Waals surface area contributed by atoms with Crippen LogP contribution in [0.3, 0.4) is 0 Å². The van der Waals surface area contributed by atoms with Crippen LogP contribution < -0.4 is 5.11 Å². The van der Waals surface area contributed by atoms with E-state index in [-0.39, 0.29) is 17.0 Å². The van der Waals surface area contributed by atoms with Crippen molar-refractivity contribution in [3.8, 4) is 0 Å². The number of hydrogen-bond acceptors (Lipinski definition) is 2. The van der Waals surface area contributed by atoms with E-state index in [2.05, 4.69) is 0 Å². The highest BCUT2D eigenvalue weighted by molar-refractivity contribution is 6.31. The van der Waals surface area contributed by atoms with Crippen molar-refractivity contribution in [3.05, 3.63) is 34.6 Å². The minimum atomic E-state index is -1.28. The Morgan fingerprint density at radius 2 is 2.25 bits per heavy atom. The lowest BCUT2D eigenvalue weighted by molar-refractivity contribution is -0.304. The Labute approximate surface area is 73.6 Å². The lowest BCUT2D eigenvalue weighted by Crippen LogP contribution is -2.24. The summed E-state index contributed by atoms with van der Waals surface area (Å²) in [7, 11) is 0. The van der Waals surface area contributed by atoms with Crippen LogP contribution in [0.25, 0.3) is 0 Å². The van der Waals surface area contributed by atoms with Crippen molar-refractivity contribution in [1.29, 1.82) is 0 Å². The van der Waals surface area contributed by atoms with Crippen LogP contribution in [-0.2, 0) is 11.2 Å². The van der Waals surface area contributed by atoms with Crippen LogP contribution in [0, 0.1) is 5.82 Å². The fourth-order valence-electron chi connectivity index (χ4n) is 0.840. The molecule has 0 atom stereocenters. The number of carbonyl (C=O) groups is 1. The number of benzene rings is 1. The molecule has 1 aromatic carbocycles. The molecule has 12 heavy (non-hydrogen) atoms. The van der Waals surface area contributed by atoms with Gasteiger partial charge in [-0.3, -0.25) is 0 Å². The summed E-state index contributed by atoms with van der Waals surface area (Å²) < 4.78 is 12.7. The molecule has 0 radical (unpaired) electrons. The molecule has 0 saturated carbocycles. The van der Waals surface area contributed by atoms with Gasteiger partial charge in [0.1, 0.15) is 5.82 Å². The lowest BCUT2D eigenvalue weighted by atomic mass is 10.1. The maximum absolute atomic E-state index is 12.7. The fourth-order valence-corrected chi connectivity index (χ4v) is 1.03. The summed E-state index contributed by atoms with van der Waals surface area (Å²) in [6.45, 7) is 0. The molecule has 1 rings (SSSR count). The molecular formula is C8H5ClFO2-. The topological polar surface area (TPSA) is 40.1 Å². The molecule has 0 aromatic heterocycles. The van der Waals surface area contributed by atoms with Crippen LogP contribution in [0.5, 0.6) is 0 Å². The Hall–Kier alpha value is -1.09. The fraction of sp³-hybridized carbons (Fsp3) is 0.125. The Balaban J connectivity index is 3.00. The summed E-state index contributed by atoms with van der Waals surface area (Å²) in [4.78, 5) is 10.1. The van der Waals surface area contributed by atoms with Crippen LogP contribution >= 0.6 is 11.6 Å². The summed E-state index contributed by atoms with van der Waals surface area (Å²) >= 11 is 5.47. The quantitative estimate of drug-likeness (QED) is 0.686. The zero-order valence-corrected chi connectivity index (χ0v) is 6.77. The number of carboxylic acid groups (broad SMARTS) is 1. The molecule has 64 valence electrons. The van der Waals surface area contributed by atoms with E-state index in [4.69, 9.17) is 11.6 Å². The van der Waals surface area contributed by atoms with Crippen LogP contribution in [0.1, 0.15) is 5.56 Å². The third kappa shape index (κ3) is 1.95.